The van der Waals surface area contributed by atoms with E-state index in [4.69, 9.17) is 4.74 Å². The van der Waals surface area contributed by atoms with Crippen LogP contribution in [0.5, 0.6) is 0 Å². The molecule has 0 fully saturated rings. The summed E-state index contributed by atoms with van der Waals surface area (Å²) in [6.45, 7) is 3.18. The average Bonchev–Trinajstić information content (AvgIpc) is 2.44. The van der Waals surface area contributed by atoms with Crippen molar-refractivity contribution in [1.29, 1.82) is 0 Å². The highest BCUT2D eigenvalue weighted by Crippen LogP contribution is 1.97. The molecule has 0 aliphatic heterocycles. The summed E-state index contributed by atoms with van der Waals surface area (Å²) in [6, 6.07) is 8.94. The predicted molar refractivity (Wildman–Crippen MR) is 73.0 cm³/mol. The van der Waals surface area contributed by atoms with Crippen molar-refractivity contribution in [2.24, 2.45) is 0 Å². The van der Waals surface area contributed by atoms with Gasteiger partial charge in [-0.1, -0.05) is 31.5 Å². The molecule has 2 amide bonds. The first-order valence-electron chi connectivity index (χ1n) is 6.48. The fourth-order valence-electron chi connectivity index (χ4n) is 1.39. The Hall–Kier alpha value is -2.04. The van der Waals surface area contributed by atoms with Gasteiger partial charge in [0.15, 0.2) is 0 Å². The third kappa shape index (κ3) is 6.45. The average molecular weight is 264 g/mol. The molecule has 0 heterocycles. The molecule has 1 aromatic rings. The van der Waals surface area contributed by atoms with Crippen molar-refractivity contribution in [2.45, 2.75) is 19.8 Å². The zero-order chi connectivity index (χ0) is 13.9. The van der Waals surface area contributed by atoms with Gasteiger partial charge in [-0.25, -0.2) is 4.79 Å². The fourth-order valence-corrected chi connectivity index (χ4v) is 1.39. The number of alkyl carbamates (subject to hydrolysis) is 1. The summed E-state index contributed by atoms with van der Waals surface area (Å²) in [7, 11) is 0. The maximum atomic E-state index is 11.6. The number of hydrogen-bond donors (Lipinski definition) is 2. The van der Waals surface area contributed by atoms with Gasteiger partial charge in [0.25, 0.3) is 5.91 Å². The molecular formula is C14H20N2O3. The Morgan fingerprint density at radius 2 is 1.79 bits per heavy atom. The van der Waals surface area contributed by atoms with E-state index in [0.29, 0.717) is 25.3 Å². The molecule has 0 aliphatic rings. The minimum Gasteiger partial charge on any atom is -0.450 e. The summed E-state index contributed by atoms with van der Waals surface area (Å²) in [5, 5.41) is 5.28. The summed E-state index contributed by atoms with van der Waals surface area (Å²) < 4.78 is 4.91. The van der Waals surface area contributed by atoms with Gasteiger partial charge in [0.2, 0.25) is 0 Å². The van der Waals surface area contributed by atoms with Gasteiger partial charge in [0.1, 0.15) is 0 Å². The van der Waals surface area contributed by atoms with Gasteiger partial charge in [-0.05, 0) is 18.6 Å². The lowest BCUT2D eigenvalue weighted by atomic mass is 10.2. The van der Waals surface area contributed by atoms with Gasteiger partial charge in [-0.3, -0.25) is 4.79 Å². The Morgan fingerprint density at radius 1 is 1.11 bits per heavy atom. The van der Waals surface area contributed by atoms with Crippen molar-refractivity contribution in [2.75, 3.05) is 19.7 Å². The van der Waals surface area contributed by atoms with Crippen LogP contribution in [0.2, 0.25) is 0 Å². The van der Waals surface area contributed by atoms with Crippen molar-refractivity contribution in [1.82, 2.24) is 10.6 Å². The summed E-state index contributed by atoms with van der Waals surface area (Å²) in [5.41, 5.74) is 0.605. The maximum Gasteiger partial charge on any atom is 0.407 e. The minimum absolute atomic E-state index is 0.151. The second-order valence-electron chi connectivity index (χ2n) is 4.04. The third-order valence-electron chi connectivity index (χ3n) is 2.45. The lowest BCUT2D eigenvalue weighted by Crippen LogP contribution is -2.35. The first-order chi connectivity index (χ1) is 9.24. The highest BCUT2D eigenvalue weighted by atomic mass is 16.5. The van der Waals surface area contributed by atoms with Crippen LogP contribution in [0.3, 0.4) is 0 Å². The Labute approximate surface area is 113 Å². The molecule has 5 nitrogen and oxygen atoms in total. The minimum atomic E-state index is -0.442. The second kappa shape index (κ2) is 8.97. The molecule has 0 atom stereocenters. The number of hydrogen-bond acceptors (Lipinski definition) is 3. The van der Waals surface area contributed by atoms with E-state index in [1.165, 1.54) is 0 Å². The number of rotatable bonds is 7. The molecule has 0 bridgehead atoms. The van der Waals surface area contributed by atoms with Crippen molar-refractivity contribution in [3.05, 3.63) is 35.9 Å². The first-order valence-corrected chi connectivity index (χ1v) is 6.48. The Kier molecular flexibility index (Phi) is 7.09. The summed E-state index contributed by atoms with van der Waals surface area (Å²) in [5.74, 6) is -0.151. The zero-order valence-corrected chi connectivity index (χ0v) is 11.1. The van der Waals surface area contributed by atoms with E-state index >= 15 is 0 Å². The van der Waals surface area contributed by atoms with Gasteiger partial charge in [-0.15, -0.1) is 0 Å². The van der Waals surface area contributed by atoms with Crippen LogP contribution in [-0.4, -0.2) is 31.7 Å². The SMILES string of the molecule is CCCCOC(=O)NCCNC(=O)c1ccccc1. The van der Waals surface area contributed by atoms with E-state index in [-0.39, 0.29) is 5.91 Å². The lowest BCUT2D eigenvalue weighted by Gasteiger charge is -2.07. The van der Waals surface area contributed by atoms with Gasteiger partial charge in [-0.2, -0.15) is 0 Å². The Morgan fingerprint density at radius 3 is 2.47 bits per heavy atom. The lowest BCUT2D eigenvalue weighted by molar-refractivity contribution is 0.0952. The highest BCUT2D eigenvalue weighted by Gasteiger charge is 2.04. The fraction of sp³-hybridized carbons (Fsp3) is 0.429. The molecule has 19 heavy (non-hydrogen) atoms. The molecule has 0 radical (unpaired) electrons. The van der Waals surface area contributed by atoms with Crippen LogP contribution in [0.4, 0.5) is 4.79 Å². The molecule has 0 saturated carbocycles. The number of nitrogens with one attached hydrogen (secondary N) is 2. The van der Waals surface area contributed by atoms with Crippen LogP contribution >= 0.6 is 0 Å². The molecule has 0 aliphatic carbocycles. The van der Waals surface area contributed by atoms with E-state index in [1.807, 2.05) is 13.0 Å². The smallest absolute Gasteiger partial charge is 0.407 e. The summed E-state index contributed by atoms with van der Waals surface area (Å²) >= 11 is 0. The quantitative estimate of drug-likeness (QED) is 0.740. The molecular weight excluding hydrogens is 244 g/mol. The molecule has 0 aromatic heterocycles. The molecule has 104 valence electrons. The zero-order valence-electron chi connectivity index (χ0n) is 11.1. The number of carbonyl (C=O) groups excluding carboxylic acids is 2. The molecule has 1 aromatic carbocycles. The van der Waals surface area contributed by atoms with Crippen LogP contribution < -0.4 is 10.6 Å². The van der Waals surface area contributed by atoms with Gasteiger partial charge < -0.3 is 15.4 Å². The highest BCUT2D eigenvalue weighted by molar-refractivity contribution is 5.94. The van der Waals surface area contributed by atoms with Crippen LogP contribution in [-0.2, 0) is 4.74 Å². The van der Waals surface area contributed by atoms with Crippen LogP contribution in [0.1, 0.15) is 30.1 Å². The number of unbranched alkanes of at least 4 members (excludes halogenated alkanes) is 1. The van der Waals surface area contributed by atoms with E-state index in [9.17, 15) is 9.59 Å². The van der Waals surface area contributed by atoms with E-state index in [2.05, 4.69) is 10.6 Å². The monoisotopic (exact) mass is 264 g/mol. The number of amides is 2. The Bertz CT molecular complexity index is 393. The van der Waals surface area contributed by atoms with Crippen molar-refractivity contribution >= 4 is 12.0 Å². The topological polar surface area (TPSA) is 67.4 Å². The number of benzene rings is 1. The third-order valence-corrected chi connectivity index (χ3v) is 2.45. The predicted octanol–water partition coefficient (Wildman–Crippen LogP) is 1.94. The van der Waals surface area contributed by atoms with Crippen LogP contribution in [0.25, 0.3) is 0 Å². The van der Waals surface area contributed by atoms with Crippen molar-refractivity contribution in [3.8, 4) is 0 Å². The van der Waals surface area contributed by atoms with E-state index < -0.39 is 6.09 Å². The molecule has 2 N–H and O–H groups in total. The Balaban J connectivity index is 2.11. The number of ether oxygens (including phenoxy) is 1. The second-order valence-corrected chi connectivity index (χ2v) is 4.04. The van der Waals surface area contributed by atoms with Gasteiger partial charge >= 0.3 is 6.09 Å². The molecule has 0 saturated heterocycles. The largest absolute Gasteiger partial charge is 0.450 e. The van der Waals surface area contributed by atoms with Crippen molar-refractivity contribution in [3.63, 3.8) is 0 Å². The molecule has 0 spiro atoms. The van der Waals surface area contributed by atoms with Gasteiger partial charge in [0.05, 0.1) is 6.61 Å². The molecule has 0 unspecified atom stereocenters. The van der Waals surface area contributed by atoms with E-state index in [0.717, 1.165) is 12.8 Å². The molecule has 5 heteroatoms. The standard InChI is InChI=1S/C14H20N2O3/c1-2-3-11-19-14(18)16-10-9-15-13(17)12-7-5-4-6-8-12/h4-8H,2-3,9-11H2,1H3,(H,15,17)(H,16,18). The number of carbonyl (C=O) groups is 2. The van der Waals surface area contributed by atoms with E-state index in [1.54, 1.807) is 24.3 Å². The normalized spacial score (nSPS) is 9.74. The first kappa shape index (κ1) is 15.0. The van der Waals surface area contributed by atoms with Crippen molar-refractivity contribution < 1.29 is 14.3 Å². The van der Waals surface area contributed by atoms with Crippen LogP contribution in [0, 0.1) is 0 Å². The van der Waals surface area contributed by atoms with Gasteiger partial charge in [0, 0.05) is 18.7 Å². The van der Waals surface area contributed by atoms with Crippen LogP contribution in [0.15, 0.2) is 30.3 Å². The maximum absolute atomic E-state index is 11.6. The molecule has 1 rings (SSSR count). The summed E-state index contributed by atoms with van der Waals surface area (Å²) in [4.78, 5) is 22.8. The summed E-state index contributed by atoms with van der Waals surface area (Å²) in [6.07, 6.45) is 1.40.